The maximum Gasteiger partial charge on any atom is 0.315 e. The first-order valence-electron chi connectivity index (χ1n) is 9.37. The van der Waals surface area contributed by atoms with Gasteiger partial charge in [-0.3, -0.25) is 4.79 Å². The summed E-state index contributed by atoms with van der Waals surface area (Å²) in [4.78, 5) is 23.2. The van der Waals surface area contributed by atoms with Gasteiger partial charge in [0.2, 0.25) is 0 Å². The monoisotopic (exact) mass is 344 g/mol. The van der Waals surface area contributed by atoms with E-state index in [1.165, 1.54) is 12.0 Å². The summed E-state index contributed by atoms with van der Waals surface area (Å²) in [5.41, 5.74) is 1.52. The summed E-state index contributed by atoms with van der Waals surface area (Å²) in [5, 5.41) is 15.1. The lowest BCUT2D eigenvalue weighted by Crippen LogP contribution is -2.49. The molecule has 0 atom stereocenters. The van der Waals surface area contributed by atoms with E-state index in [9.17, 15) is 9.59 Å². The van der Waals surface area contributed by atoms with E-state index in [4.69, 9.17) is 5.11 Å². The Kier molecular flexibility index (Phi) is 5.61. The predicted octanol–water partition coefficient (Wildman–Crippen LogP) is 3.34. The summed E-state index contributed by atoms with van der Waals surface area (Å²) >= 11 is 0. The Labute approximate surface area is 149 Å². The van der Waals surface area contributed by atoms with Crippen LogP contribution in [0.1, 0.15) is 50.5 Å². The number of urea groups is 1. The van der Waals surface area contributed by atoms with Crippen LogP contribution in [0.15, 0.2) is 30.3 Å². The topological polar surface area (TPSA) is 78.4 Å². The van der Waals surface area contributed by atoms with Gasteiger partial charge in [-0.15, -0.1) is 0 Å². The minimum Gasteiger partial charge on any atom is -0.481 e. The van der Waals surface area contributed by atoms with E-state index in [0.717, 1.165) is 32.1 Å². The Balaban J connectivity index is 1.43. The van der Waals surface area contributed by atoms with Gasteiger partial charge in [-0.2, -0.15) is 0 Å². The molecule has 1 aromatic rings. The number of benzene rings is 1. The molecule has 3 N–H and O–H groups in total. The molecule has 5 nitrogen and oxygen atoms in total. The summed E-state index contributed by atoms with van der Waals surface area (Å²) in [6, 6.07) is 10.5. The van der Waals surface area contributed by atoms with Crippen LogP contribution < -0.4 is 10.6 Å². The van der Waals surface area contributed by atoms with E-state index in [1.54, 1.807) is 0 Å². The average molecular weight is 344 g/mol. The molecular formula is C20H28N2O3. The molecule has 0 aromatic heterocycles. The van der Waals surface area contributed by atoms with E-state index in [2.05, 4.69) is 34.9 Å². The lowest BCUT2D eigenvalue weighted by atomic mass is 9.65. The SMILES string of the molecule is O=C(NCC1(Cc2ccccc2)CCC1)NC1CCC(C(=O)O)CC1. The zero-order chi connectivity index (χ0) is 17.7. The highest BCUT2D eigenvalue weighted by Gasteiger charge is 2.37. The molecule has 25 heavy (non-hydrogen) atoms. The number of hydrogen-bond acceptors (Lipinski definition) is 2. The second-order valence-corrected chi connectivity index (χ2v) is 7.73. The number of hydrogen-bond donors (Lipinski definition) is 3. The molecule has 0 radical (unpaired) electrons. The molecule has 2 amide bonds. The van der Waals surface area contributed by atoms with Gasteiger partial charge in [0.25, 0.3) is 0 Å². The Hall–Kier alpha value is -2.04. The second-order valence-electron chi connectivity index (χ2n) is 7.73. The van der Waals surface area contributed by atoms with Crippen molar-refractivity contribution >= 4 is 12.0 Å². The van der Waals surface area contributed by atoms with Crippen molar-refractivity contribution in [3.8, 4) is 0 Å². The van der Waals surface area contributed by atoms with Gasteiger partial charge < -0.3 is 15.7 Å². The molecule has 0 aliphatic heterocycles. The zero-order valence-electron chi connectivity index (χ0n) is 14.7. The third-order valence-electron chi connectivity index (χ3n) is 5.87. The predicted molar refractivity (Wildman–Crippen MR) is 96.3 cm³/mol. The lowest BCUT2D eigenvalue weighted by molar-refractivity contribution is -0.142. The van der Waals surface area contributed by atoms with Crippen LogP contribution in [0.25, 0.3) is 0 Å². The molecule has 0 saturated heterocycles. The molecule has 1 aromatic carbocycles. The van der Waals surface area contributed by atoms with Crippen molar-refractivity contribution < 1.29 is 14.7 Å². The van der Waals surface area contributed by atoms with Crippen molar-refractivity contribution in [3.63, 3.8) is 0 Å². The zero-order valence-corrected chi connectivity index (χ0v) is 14.7. The number of nitrogens with one attached hydrogen (secondary N) is 2. The standard InChI is InChI=1S/C20H28N2O3/c23-18(24)16-7-9-17(10-8-16)22-19(25)21-14-20(11-4-12-20)13-15-5-2-1-3-6-15/h1-3,5-6,16-17H,4,7-14H2,(H,23,24)(H2,21,22,25). The molecule has 2 fully saturated rings. The van der Waals surface area contributed by atoms with Gasteiger partial charge in [0, 0.05) is 12.6 Å². The minimum absolute atomic E-state index is 0.0991. The number of carbonyl (C=O) groups is 2. The number of amides is 2. The highest BCUT2D eigenvalue weighted by Crippen LogP contribution is 2.43. The quantitative estimate of drug-likeness (QED) is 0.740. The maximum absolute atomic E-state index is 12.2. The number of aliphatic carboxylic acids is 1. The Morgan fingerprint density at radius 3 is 2.32 bits per heavy atom. The van der Waals surface area contributed by atoms with Crippen LogP contribution in [0.3, 0.4) is 0 Å². The van der Waals surface area contributed by atoms with Gasteiger partial charge in [0.1, 0.15) is 0 Å². The van der Waals surface area contributed by atoms with Gasteiger partial charge in [0.05, 0.1) is 5.92 Å². The summed E-state index contributed by atoms with van der Waals surface area (Å²) in [6.07, 6.45) is 7.36. The molecule has 5 heteroatoms. The van der Waals surface area contributed by atoms with E-state index in [0.29, 0.717) is 19.4 Å². The van der Waals surface area contributed by atoms with Crippen LogP contribution >= 0.6 is 0 Å². The van der Waals surface area contributed by atoms with E-state index < -0.39 is 5.97 Å². The second kappa shape index (κ2) is 7.89. The summed E-state index contributed by atoms with van der Waals surface area (Å²) < 4.78 is 0. The lowest BCUT2D eigenvalue weighted by Gasteiger charge is -2.42. The normalized spacial score (nSPS) is 24.8. The molecule has 0 spiro atoms. The first kappa shape index (κ1) is 17.8. The van der Waals surface area contributed by atoms with Crippen LogP contribution in [0.2, 0.25) is 0 Å². The van der Waals surface area contributed by atoms with E-state index in [1.807, 2.05) is 6.07 Å². The summed E-state index contributed by atoms with van der Waals surface area (Å²) in [5.74, 6) is -0.957. The fourth-order valence-corrected chi connectivity index (χ4v) is 4.11. The van der Waals surface area contributed by atoms with E-state index in [-0.39, 0.29) is 23.4 Å². The van der Waals surface area contributed by atoms with Crippen molar-refractivity contribution in [1.29, 1.82) is 0 Å². The average Bonchev–Trinajstić information content (AvgIpc) is 2.58. The number of rotatable bonds is 6. The molecular weight excluding hydrogens is 316 g/mol. The Bertz CT molecular complexity index is 590. The smallest absolute Gasteiger partial charge is 0.315 e. The number of carboxylic acids is 1. The van der Waals surface area contributed by atoms with Gasteiger partial charge in [-0.25, -0.2) is 4.79 Å². The molecule has 2 saturated carbocycles. The van der Waals surface area contributed by atoms with E-state index >= 15 is 0 Å². The number of carboxylic acid groups (broad SMARTS) is 1. The number of carbonyl (C=O) groups excluding carboxylic acids is 1. The first-order valence-corrected chi connectivity index (χ1v) is 9.37. The molecule has 0 bridgehead atoms. The van der Waals surface area contributed by atoms with Gasteiger partial charge in [-0.05, 0) is 55.9 Å². The first-order chi connectivity index (χ1) is 12.1. The Morgan fingerprint density at radius 2 is 1.76 bits per heavy atom. The fourth-order valence-electron chi connectivity index (χ4n) is 4.11. The highest BCUT2D eigenvalue weighted by molar-refractivity contribution is 5.74. The molecule has 0 heterocycles. The summed E-state index contributed by atoms with van der Waals surface area (Å²) in [6.45, 7) is 0.707. The molecule has 3 rings (SSSR count). The highest BCUT2D eigenvalue weighted by atomic mass is 16.4. The molecule has 0 unspecified atom stereocenters. The van der Waals surface area contributed by atoms with Crippen LogP contribution in [0.4, 0.5) is 4.79 Å². The molecule has 2 aliphatic rings. The van der Waals surface area contributed by atoms with Crippen molar-refractivity contribution in [1.82, 2.24) is 10.6 Å². The van der Waals surface area contributed by atoms with Crippen molar-refractivity contribution in [2.24, 2.45) is 11.3 Å². The fraction of sp³-hybridized carbons (Fsp3) is 0.600. The van der Waals surface area contributed by atoms with Crippen LogP contribution in [0, 0.1) is 11.3 Å². The third kappa shape index (κ3) is 4.74. The van der Waals surface area contributed by atoms with Crippen LogP contribution in [-0.4, -0.2) is 29.7 Å². The van der Waals surface area contributed by atoms with Crippen molar-refractivity contribution in [2.75, 3.05) is 6.54 Å². The van der Waals surface area contributed by atoms with Gasteiger partial charge in [0.15, 0.2) is 0 Å². The van der Waals surface area contributed by atoms with Gasteiger partial charge >= 0.3 is 12.0 Å². The minimum atomic E-state index is -0.712. The summed E-state index contributed by atoms with van der Waals surface area (Å²) in [7, 11) is 0. The Morgan fingerprint density at radius 1 is 1.08 bits per heavy atom. The third-order valence-corrected chi connectivity index (χ3v) is 5.87. The van der Waals surface area contributed by atoms with Crippen LogP contribution in [-0.2, 0) is 11.2 Å². The maximum atomic E-state index is 12.2. The molecule has 2 aliphatic carbocycles. The largest absolute Gasteiger partial charge is 0.481 e. The van der Waals surface area contributed by atoms with Crippen LogP contribution in [0.5, 0.6) is 0 Å². The van der Waals surface area contributed by atoms with Crippen molar-refractivity contribution in [3.05, 3.63) is 35.9 Å². The van der Waals surface area contributed by atoms with Crippen molar-refractivity contribution in [2.45, 2.75) is 57.4 Å². The molecule has 136 valence electrons. The van der Waals surface area contributed by atoms with Gasteiger partial charge in [-0.1, -0.05) is 36.8 Å².